The molecule has 3 nitrogen and oxygen atoms in total. The molecule has 0 spiro atoms. The van der Waals surface area contributed by atoms with Crippen molar-refractivity contribution in [1.82, 2.24) is 9.97 Å². The van der Waals surface area contributed by atoms with Gasteiger partial charge in [0.2, 0.25) is 0 Å². The zero-order valence-corrected chi connectivity index (χ0v) is 12.1. The summed E-state index contributed by atoms with van der Waals surface area (Å²) in [6.45, 7) is -0.320. The summed E-state index contributed by atoms with van der Waals surface area (Å²) in [4.78, 5) is 7.62. The average Bonchev–Trinajstić information content (AvgIpc) is 2.38. The van der Waals surface area contributed by atoms with Gasteiger partial charge in [-0.1, -0.05) is 17.7 Å². The summed E-state index contributed by atoms with van der Waals surface area (Å²) in [5.74, 6) is 0.251. The Morgan fingerprint density at radius 2 is 1.85 bits per heavy atom. The molecule has 0 atom stereocenters. The summed E-state index contributed by atoms with van der Waals surface area (Å²) in [5, 5.41) is -0.00199. The van der Waals surface area contributed by atoms with Gasteiger partial charge in [-0.3, -0.25) is 0 Å². The van der Waals surface area contributed by atoms with Gasteiger partial charge in [-0.05, 0) is 28.1 Å². The zero-order chi connectivity index (χ0) is 14.8. The number of alkyl halides is 3. The highest BCUT2D eigenvalue weighted by atomic mass is 79.9. The largest absolute Gasteiger partial charge is 0.486 e. The summed E-state index contributed by atoms with van der Waals surface area (Å²) in [7, 11) is 0. The summed E-state index contributed by atoms with van der Waals surface area (Å²) in [5.41, 5.74) is -0.937. The van der Waals surface area contributed by atoms with Crippen LogP contribution in [-0.4, -0.2) is 9.97 Å². The Kier molecular flexibility index (Phi) is 4.49. The quantitative estimate of drug-likeness (QED) is 0.750. The van der Waals surface area contributed by atoms with E-state index < -0.39 is 11.7 Å². The second kappa shape index (κ2) is 5.97. The maximum Gasteiger partial charge on any atom is 0.416 e. The van der Waals surface area contributed by atoms with Crippen molar-refractivity contribution in [2.75, 3.05) is 0 Å². The number of rotatable bonds is 3. The van der Waals surface area contributed by atoms with E-state index in [0.717, 1.165) is 6.07 Å². The van der Waals surface area contributed by atoms with Crippen LogP contribution in [0, 0.1) is 0 Å². The van der Waals surface area contributed by atoms with Gasteiger partial charge >= 0.3 is 6.18 Å². The van der Waals surface area contributed by atoms with Crippen LogP contribution >= 0.6 is 27.5 Å². The molecule has 0 unspecified atom stereocenters. The second-order valence-corrected chi connectivity index (χ2v) is 4.86. The van der Waals surface area contributed by atoms with Crippen LogP contribution in [0.2, 0.25) is 5.02 Å². The van der Waals surface area contributed by atoms with Crippen molar-refractivity contribution >= 4 is 27.5 Å². The van der Waals surface area contributed by atoms with E-state index in [1.165, 1.54) is 24.5 Å². The lowest BCUT2D eigenvalue weighted by atomic mass is 10.1. The molecule has 0 fully saturated rings. The number of ether oxygens (including phenoxy) is 1. The van der Waals surface area contributed by atoms with E-state index in [0.29, 0.717) is 4.73 Å². The number of halogens is 5. The minimum atomic E-state index is -4.49. The number of nitrogens with zero attached hydrogens (tertiary/aromatic N) is 2. The third kappa shape index (κ3) is 3.61. The molecule has 0 aliphatic carbocycles. The lowest BCUT2D eigenvalue weighted by molar-refractivity contribution is -0.138. The van der Waals surface area contributed by atoms with Gasteiger partial charge in [0, 0.05) is 10.6 Å². The van der Waals surface area contributed by atoms with Gasteiger partial charge in [-0.2, -0.15) is 13.2 Å². The fourth-order valence-corrected chi connectivity index (χ4v) is 1.94. The highest BCUT2D eigenvalue weighted by Gasteiger charge is 2.34. The Morgan fingerprint density at radius 3 is 2.45 bits per heavy atom. The van der Waals surface area contributed by atoms with Crippen LogP contribution in [0.25, 0.3) is 0 Å². The van der Waals surface area contributed by atoms with Gasteiger partial charge < -0.3 is 4.74 Å². The Bertz CT molecular complexity index is 605. The molecule has 1 aromatic carbocycles. The lowest BCUT2D eigenvalue weighted by Crippen LogP contribution is -2.11. The van der Waals surface area contributed by atoms with Gasteiger partial charge in [0.15, 0.2) is 10.5 Å². The van der Waals surface area contributed by atoms with Gasteiger partial charge in [-0.25, -0.2) is 9.97 Å². The van der Waals surface area contributed by atoms with Crippen LogP contribution in [0.5, 0.6) is 5.75 Å². The number of aromatic nitrogens is 2. The third-order valence-electron chi connectivity index (χ3n) is 2.40. The molecule has 0 N–H and O–H groups in total. The first-order valence-corrected chi connectivity index (χ1v) is 6.50. The van der Waals surface area contributed by atoms with Crippen molar-refractivity contribution in [2.45, 2.75) is 12.8 Å². The molecule has 0 radical (unpaired) electrons. The Labute approximate surface area is 125 Å². The van der Waals surface area contributed by atoms with Crippen molar-refractivity contribution in [3.05, 3.63) is 51.5 Å². The fourth-order valence-electron chi connectivity index (χ4n) is 1.50. The number of benzene rings is 1. The Hall–Kier alpha value is -1.34. The van der Waals surface area contributed by atoms with Crippen molar-refractivity contribution < 1.29 is 17.9 Å². The van der Waals surface area contributed by atoms with Gasteiger partial charge in [0.25, 0.3) is 0 Å². The van der Waals surface area contributed by atoms with Gasteiger partial charge in [0.05, 0.1) is 18.0 Å². The molecule has 8 heteroatoms. The maximum absolute atomic E-state index is 12.9. The second-order valence-electron chi connectivity index (χ2n) is 3.74. The van der Waals surface area contributed by atoms with Crippen LogP contribution in [0.4, 0.5) is 13.2 Å². The van der Waals surface area contributed by atoms with E-state index in [9.17, 15) is 13.2 Å². The number of hydrogen-bond donors (Lipinski definition) is 0. The van der Waals surface area contributed by atoms with E-state index in [1.54, 1.807) is 0 Å². The molecule has 1 heterocycles. The standard InChI is InChI=1S/C12H7BrClF3N2O/c13-11-18-4-7(5-19-11)20-6-8-9(12(15,16)17)2-1-3-10(8)14/h1-5H,6H2. The molecule has 0 bridgehead atoms. The van der Waals surface area contributed by atoms with E-state index in [4.69, 9.17) is 16.3 Å². The molecule has 2 aromatic rings. The first kappa shape index (κ1) is 15.1. The minimum absolute atomic E-state index is 0.00199. The van der Waals surface area contributed by atoms with Crippen molar-refractivity contribution in [2.24, 2.45) is 0 Å². The lowest BCUT2D eigenvalue weighted by Gasteiger charge is -2.14. The normalized spacial score (nSPS) is 11.4. The maximum atomic E-state index is 12.9. The molecule has 1 aromatic heterocycles. The summed E-state index contributed by atoms with van der Waals surface area (Å²) < 4.78 is 44.2. The van der Waals surface area contributed by atoms with E-state index >= 15 is 0 Å². The predicted octanol–water partition coefficient (Wildman–Crippen LogP) is 4.49. The van der Waals surface area contributed by atoms with Crippen LogP contribution in [0.1, 0.15) is 11.1 Å². The first-order chi connectivity index (χ1) is 9.38. The molecule has 0 aliphatic rings. The molecule has 0 aliphatic heterocycles. The molecule has 0 saturated carbocycles. The van der Waals surface area contributed by atoms with Gasteiger partial charge in [-0.15, -0.1) is 0 Å². The van der Waals surface area contributed by atoms with Crippen LogP contribution < -0.4 is 4.74 Å². The topological polar surface area (TPSA) is 35.0 Å². The average molecular weight is 368 g/mol. The molecule has 0 amide bonds. The third-order valence-corrected chi connectivity index (χ3v) is 3.17. The van der Waals surface area contributed by atoms with Crippen LogP contribution in [-0.2, 0) is 12.8 Å². The van der Waals surface area contributed by atoms with Crippen molar-refractivity contribution in [3.63, 3.8) is 0 Å². The summed E-state index contributed by atoms with van der Waals surface area (Å²) >= 11 is 8.85. The van der Waals surface area contributed by atoms with Crippen molar-refractivity contribution in [1.29, 1.82) is 0 Å². The summed E-state index contributed by atoms with van der Waals surface area (Å²) in [6, 6.07) is 3.59. The molecule has 2 rings (SSSR count). The SMILES string of the molecule is FC(F)(F)c1cccc(Cl)c1COc1cnc(Br)nc1. The molecular formula is C12H7BrClF3N2O. The predicted molar refractivity (Wildman–Crippen MR) is 70.5 cm³/mol. The van der Waals surface area contributed by atoms with Crippen molar-refractivity contribution in [3.8, 4) is 5.75 Å². The summed E-state index contributed by atoms with van der Waals surface area (Å²) in [6.07, 6.45) is -1.79. The fraction of sp³-hybridized carbons (Fsp3) is 0.167. The highest BCUT2D eigenvalue weighted by molar-refractivity contribution is 9.10. The molecule has 0 saturated heterocycles. The molecule has 20 heavy (non-hydrogen) atoms. The monoisotopic (exact) mass is 366 g/mol. The van der Waals surface area contributed by atoms with Crippen LogP contribution in [0.15, 0.2) is 35.3 Å². The zero-order valence-electron chi connectivity index (χ0n) is 9.79. The van der Waals surface area contributed by atoms with E-state index in [1.807, 2.05) is 0 Å². The van der Waals surface area contributed by atoms with E-state index in [2.05, 4.69) is 25.9 Å². The van der Waals surface area contributed by atoms with E-state index in [-0.39, 0.29) is 22.9 Å². The Balaban J connectivity index is 2.23. The smallest absolute Gasteiger partial charge is 0.416 e. The first-order valence-electron chi connectivity index (χ1n) is 5.33. The Morgan fingerprint density at radius 1 is 1.20 bits per heavy atom. The molecule has 106 valence electrons. The van der Waals surface area contributed by atoms with Crippen LogP contribution in [0.3, 0.4) is 0 Å². The number of hydrogen-bond acceptors (Lipinski definition) is 3. The van der Waals surface area contributed by atoms with Gasteiger partial charge in [0.1, 0.15) is 6.61 Å². The highest BCUT2D eigenvalue weighted by Crippen LogP contribution is 2.35. The molecular weight excluding hydrogens is 360 g/mol. The minimum Gasteiger partial charge on any atom is -0.486 e.